The van der Waals surface area contributed by atoms with Gasteiger partial charge in [0.15, 0.2) is 5.96 Å². The van der Waals surface area contributed by atoms with E-state index in [1.807, 2.05) is 31.2 Å². The third kappa shape index (κ3) is 4.43. The van der Waals surface area contributed by atoms with Crippen molar-refractivity contribution in [2.45, 2.75) is 25.4 Å². The van der Waals surface area contributed by atoms with Gasteiger partial charge in [-0.3, -0.25) is 9.67 Å². The van der Waals surface area contributed by atoms with Crippen LogP contribution in [0.3, 0.4) is 0 Å². The van der Waals surface area contributed by atoms with Gasteiger partial charge in [0, 0.05) is 44.9 Å². The monoisotopic (exact) mass is 355 g/mol. The lowest BCUT2D eigenvalue weighted by Crippen LogP contribution is -2.48. The summed E-state index contributed by atoms with van der Waals surface area (Å²) in [6, 6.07) is 10.7. The molecule has 0 spiro atoms. The summed E-state index contributed by atoms with van der Waals surface area (Å²) in [5.74, 6) is 1.42. The quantitative estimate of drug-likeness (QED) is 0.662. The number of hydrogen-bond donors (Lipinski definition) is 1. The number of ether oxygens (including phenoxy) is 1. The summed E-state index contributed by atoms with van der Waals surface area (Å²) in [4.78, 5) is 6.78. The molecule has 1 aliphatic rings. The van der Waals surface area contributed by atoms with E-state index in [0.717, 1.165) is 37.6 Å². The second kappa shape index (κ2) is 8.85. The van der Waals surface area contributed by atoms with Crippen LogP contribution in [0.5, 0.6) is 0 Å². The van der Waals surface area contributed by atoms with Gasteiger partial charge in [-0.2, -0.15) is 5.10 Å². The number of guanidine groups is 1. The van der Waals surface area contributed by atoms with Gasteiger partial charge in [0.05, 0.1) is 19.3 Å². The van der Waals surface area contributed by atoms with E-state index < -0.39 is 0 Å². The standard InChI is InChI=1S/C20H29N5O/c1-4-16(17-8-6-5-7-9-17)12-22-20(21-2)25-10-11-26-19(15-25)18-13-23-24(3)14-18/h5-9,13-14,16,19H,4,10-12,15H2,1-3H3,(H,21,22). The van der Waals surface area contributed by atoms with E-state index >= 15 is 0 Å². The second-order valence-electron chi connectivity index (χ2n) is 6.70. The van der Waals surface area contributed by atoms with Crippen molar-refractivity contribution >= 4 is 5.96 Å². The van der Waals surface area contributed by atoms with Crippen LogP contribution in [-0.2, 0) is 11.8 Å². The Labute approximate surface area is 155 Å². The molecule has 2 heterocycles. The van der Waals surface area contributed by atoms with Crippen LogP contribution in [0.2, 0.25) is 0 Å². The van der Waals surface area contributed by atoms with Gasteiger partial charge in [-0.1, -0.05) is 37.3 Å². The number of benzene rings is 1. The van der Waals surface area contributed by atoms with Gasteiger partial charge in [-0.15, -0.1) is 0 Å². The van der Waals surface area contributed by atoms with Crippen LogP contribution in [0, 0.1) is 0 Å². The maximum Gasteiger partial charge on any atom is 0.193 e. The molecule has 2 unspecified atom stereocenters. The van der Waals surface area contributed by atoms with Gasteiger partial charge in [0.2, 0.25) is 0 Å². The lowest BCUT2D eigenvalue weighted by atomic mass is 9.96. The van der Waals surface area contributed by atoms with E-state index in [1.165, 1.54) is 5.56 Å². The minimum Gasteiger partial charge on any atom is -0.370 e. The molecule has 6 heteroatoms. The Kier molecular flexibility index (Phi) is 6.28. The zero-order valence-electron chi connectivity index (χ0n) is 15.9. The van der Waals surface area contributed by atoms with Crippen LogP contribution >= 0.6 is 0 Å². The number of hydrogen-bond acceptors (Lipinski definition) is 3. The molecule has 1 saturated heterocycles. The fraction of sp³-hybridized carbons (Fsp3) is 0.500. The van der Waals surface area contributed by atoms with Gasteiger partial charge in [-0.25, -0.2) is 0 Å². The number of nitrogens with one attached hydrogen (secondary N) is 1. The average Bonchev–Trinajstić information content (AvgIpc) is 3.13. The molecule has 0 amide bonds. The molecule has 1 aliphatic heterocycles. The second-order valence-corrected chi connectivity index (χ2v) is 6.70. The highest BCUT2D eigenvalue weighted by Gasteiger charge is 2.25. The van der Waals surface area contributed by atoms with Crippen LogP contribution < -0.4 is 5.32 Å². The van der Waals surface area contributed by atoms with Crippen molar-refractivity contribution in [3.05, 3.63) is 53.9 Å². The smallest absolute Gasteiger partial charge is 0.193 e. The fourth-order valence-electron chi connectivity index (χ4n) is 3.42. The first-order valence-corrected chi connectivity index (χ1v) is 9.32. The van der Waals surface area contributed by atoms with Gasteiger partial charge >= 0.3 is 0 Å². The van der Waals surface area contributed by atoms with Crippen molar-refractivity contribution in [3.8, 4) is 0 Å². The van der Waals surface area contributed by atoms with E-state index in [-0.39, 0.29) is 6.10 Å². The number of morpholine rings is 1. The minimum atomic E-state index is 0.0343. The van der Waals surface area contributed by atoms with Crippen LogP contribution in [0.4, 0.5) is 0 Å². The first-order chi connectivity index (χ1) is 12.7. The predicted molar refractivity (Wildman–Crippen MR) is 104 cm³/mol. The maximum atomic E-state index is 5.94. The summed E-state index contributed by atoms with van der Waals surface area (Å²) in [5.41, 5.74) is 2.48. The SMILES string of the molecule is CCC(CNC(=NC)N1CCOC(c2cnn(C)c2)C1)c1ccccc1. The molecular weight excluding hydrogens is 326 g/mol. The number of aryl methyl sites for hydroxylation is 1. The number of aromatic nitrogens is 2. The van der Waals surface area contributed by atoms with E-state index in [9.17, 15) is 0 Å². The molecule has 1 N–H and O–H groups in total. The van der Waals surface area contributed by atoms with Gasteiger partial charge < -0.3 is 15.0 Å². The van der Waals surface area contributed by atoms with Gasteiger partial charge in [-0.05, 0) is 12.0 Å². The zero-order valence-corrected chi connectivity index (χ0v) is 15.9. The van der Waals surface area contributed by atoms with Crippen molar-refractivity contribution in [2.75, 3.05) is 33.3 Å². The van der Waals surface area contributed by atoms with Crippen LogP contribution in [-0.4, -0.2) is 53.9 Å². The highest BCUT2D eigenvalue weighted by molar-refractivity contribution is 5.80. The van der Waals surface area contributed by atoms with Gasteiger partial charge in [0.25, 0.3) is 0 Å². The normalized spacial score (nSPS) is 19.4. The Bertz CT molecular complexity index is 712. The van der Waals surface area contributed by atoms with Crippen LogP contribution in [0.25, 0.3) is 0 Å². The zero-order chi connectivity index (χ0) is 18.4. The van der Waals surface area contributed by atoms with E-state index in [2.05, 4.69) is 57.6 Å². The number of aliphatic imine (C=N–C) groups is 1. The molecule has 1 fully saturated rings. The maximum absolute atomic E-state index is 5.94. The lowest BCUT2D eigenvalue weighted by Gasteiger charge is -2.35. The summed E-state index contributed by atoms with van der Waals surface area (Å²) in [6.07, 6.45) is 5.03. The molecule has 0 radical (unpaired) electrons. The molecular formula is C20H29N5O. The molecule has 1 aromatic heterocycles. The highest BCUT2D eigenvalue weighted by Crippen LogP contribution is 2.22. The van der Waals surface area contributed by atoms with Crippen molar-refractivity contribution < 1.29 is 4.74 Å². The third-order valence-electron chi connectivity index (χ3n) is 4.94. The summed E-state index contributed by atoms with van der Waals surface area (Å²) in [6.45, 7) is 5.43. The molecule has 140 valence electrons. The van der Waals surface area contributed by atoms with Gasteiger partial charge in [0.1, 0.15) is 6.10 Å². The molecule has 26 heavy (non-hydrogen) atoms. The topological polar surface area (TPSA) is 54.7 Å². The molecule has 0 saturated carbocycles. The number of rotatable bonds is 5. The molecule has 3 rings (SSSR count). The Hall–Kier alpha value is -2.34. The first kappa shape index (κ1) is 18.5. The van der Waals surface area contributed by atoms with Crippen molar-refractivity contribution in [3.63, 3.8) is 0 Å². The summed E-state index contributed by atoms with van der Waals surface area (Å²) < 4.78 is 7.76. The van der Waals surface area contributed by atoms with E-state index in [4.69, 9.17) is 4.74 Å². The van der Waals surface area contributed by atoms with Crippen molar-refractivity contribution in [2.24, 2.45) is 12.0 Å². The first-order valence-electron chi connectivity index (χ1n) is 9.32. The Morgan fingerprint density at radius 2 is 2.19 bits per heavy atom. The fourth-order valence-corrected chi connectivity index (χ4v) is 3.42. The molecule has 0 bridgehead atoms. The Morgan fingerprint density at radius 1 is 1.38 bits per heavy atom. The van der Waals surface area contributed by atoms with Crippen LogP contribution in [0.15, 0.2) is 47.7 Å². The van der Waals surface area contributed by atoms with E-state index in [1.54, 1.807) is 0 Å². The lowest BCUT2D eigenvalue weighted by molar-refractivity contribution is -0.00804. The number of nitrogens with zero attached hydrogens (tertiary/aromatic N) is 4. The molecule has 1 aromatic carbocycles. The summed E-state index contributed by atoms with van der Waals surface area (Å²) in [5, 5.41) is 7.82. The van der Waals surface area contributed by atoms with Crippen molar-refractivity contribution in [1.29, 1.82) is 0 Å². The van der Waals surface area contributed by atoms with Crippen LogP contribution in [0.1, 0.15) is 36.5 Å². The largest absolute Gasteiger partial charge is 0.370 e. The highest BCUT2D eigenvalue weighted by atomic mass is 16.5. The predicted octanol–water partition coefficient (Wildman–Crippen LogP) is 2.56. The van der Waals surface area contributed by atoms with E-state index in [0.29, 0.717) is 12.5 Å². The third-order valence-corrected chi connectivity index (χ3v) is 4.94. The minimum absolute atomic E-state index is 0.0343. The Morgan fingerprint density at radius 3 is 2.85 bits per heavy atom. The molecule has 2 aromatic rings. The molecule has 2 atom stereocenters. The molecule has 6 nitrogen and oxygen atoms in total. The summed E-state index contributed by atoms with van der Waals surface area (Å²) in [7, 11) is 3.78. The average molecular weight is 355 g/mol. The molecule has 0 aliphatic carbocycles. The van der Waals surface area contributed by atoms with Crippen molar-refractivity contribution in [1.82, 2.24) is 20.0 Å². The summed E-state index contributed by atoms with van der Waals surface area (Å²) >= 11 is 0. The Balaban J connectivity index is 1.61.